The van der Waals surface area contributed by atoms with Gasteiger partial charge in [-0.15, -0.1) is 0 Å². The summed E-state index contributed by atoms with van der Waals surface area (Å²) in [7, 11) is -2.06. The number of amides is 1. The van der Waals surface area contributed by atoms with E-state index in [1.807, 2.05) is 0 Å². The molecule has 2 aromatic rings. The molecule has 0 atom stereocenters. The van der Waals surface area contributed by atoms with E-state index in [0.717, 1.165) is 12.8 Å². The average Bonchev–Trinajstić information content (AvgIpc) is 3.24. The van der Waals surface area contributed by atoms with Gasteiger partial charge in [0.1, 0.15) is 0 Å². The molecule has 3 rings (SSSR count). The zero-order valence-corrected chi connectivity index (χ0v) is 16.4. The van der Waals surface area contributed by atoms with Crippen molar-refractivity contribution in [3.63, 3.8) is 0 Å². The number of carbonyl (C=O) groups is 2. The van der Waals surface area contributed by atoms with E-state index in [1.165, 1.54) is 11.4 Å². The predicted molar refractivity (Wildman–Crippen MR) is 106 cm³/mol. The molecule has 7 nitrogen and oxygen atoms in total. The second kappa shape index (κ2) is 8.53. The highest BCUT2D eigenvalue weighted by Crippen LogP contribution is 2.19. The van der Waals surface area contributed by atoms with Gasteiger partial charge in [0, 0.05) is 18.7 Å². The third-order valence-corrected chi connectivity index (χ3v) is 6.45. The lowest BCUT2D eigenvalue weighted by Gasteiger charge is -2.15. The second-order valence-corrected chi connectivity index (χ2v) is 8.52. The molecule has 1 N–H and O–H groups in total. The van der Waals surface area contributed by atoms with E-state index in [1.54, 1.807) is 48.5 Å². The van der Waals surface area contributed by atoms with Gasteiger partial charge in [-0.05, 0) is 42.7 Å². The minimum atomic E-state index is -3.33. The Balaban J connectivity index is 1.70. The molecule has 0 unspecified atom stereocenters. The Kier molecular flexibility index (Phi) is 6.11. The molecule has 1 heterocycles. The first-order valence-electron chi connectivity index (χ1n) is 8.96. The van der Waals surface area contributed by atoms with Gasteiger partial charge in [-0.2, -0.15) is 0 Å². The smallest absolute Gasteiger partial charge is 0.339 e. The number of carbonyl (C=O) groups excluding carboxylic acids is 2. The normalized spacial score (nSPS) is 14.6. The summed E-state index contributed by atoms with van der Waals surface area (Å²) in [4.78, 5) is 24.3. The van der Waals surface area contributed by atoms with Gasteiger partial charge in [0.05, 0.1) is 24.1 Å². The quantitative estimate of drug-likeness (QED) is 0.750. The topological polar surface area (TPSA) is 92.8 Å². The molecule has 0 aliphatic carbocycles. The van der Waals surface area contributed by atoms with E-state index in [4.69, 9.17) is 4.74 Å². The monoisotopic (exact) mass is 402 g/mol. The molecule has 8 heteroatoms. The lowest BCUT2D eigenvalue weighted by molar-refractivity contribution is 0.0602. The molecular weight excluding hydrogens is 380 g/mol. The number of benzene rings is 2. The molecule has 0 bridgehead atoms. The van der Waals surface area contributed by atoms with Crippen molar-refractivity contribution >= 4 is 27.6 Å². The Hall–Kier alpha value is -2.71. The first kappa shape index (κ1) is 20.0. The van der Waals surface area contributed by atoms with Crippen LogP contribution in [-0.2, 0) is 20.5 Å². The fourth-order valence-electron chi connectivity index (χ4n) is 3.10. The van der Waals surface area contributed by atoms with E-state index in [2.05, 4.69) is 5.32 Å². The summed E-state index contributed by atoms with van der Waals surface area (Å²) in [5, 5.41) is 2.69. The summed E-state index contributed by atoms with van der Waals surface area (Å²) >= 11 is 0. The SMILES string of the molecule is COC(=O)c1ccccc1NC(=O)c1ccc(CS(=O)(=O)N2CCCC2)cc1. The number of nitrogens with zero attached hydrogens (tertiary/aromatic N) is 1. The number of anilines is 1. The highest BCUT2D eigenvalue weighted by molar-refractivity contribution is 7.88. The van der Waals surface area contributed by atoms with Crippen molar-refractivity contribution in [1.82, 2.24) is 4.31 Å². The van der Waals surface area contributed by atoms with E-state index in [0.29, 0.717) is 29.9 Å². The van der Waals surface area contributed by atoms with Crippen LogP contribution >= 0.6 is 0 Å². The van der Waals surface area contributed by atoms with Gasteiger partial charge >= 0.3 is 5.97 Å². The van der Waals surface area contributed by atoms with Gasteiger partial charge in [0.25, 0.3) is 5.91 Å². The van der Waals surface area contributed by atoms with Crippen LogP contribution in [0.4, 0.5) is 5.69 Å². The number of para-hydroxylation sites is 1. The van der Waals surface area contributed by atoms with Crippen LogP contribution in [0.5, 0.6) is 0 Å². The van der Waals surface area contributed by atoms with Crippen molar-refractivity contribution in [2.75, 3.05) is 25.5 Å². The van der Waals surface area contributed by atoms with Crippen LogP contribution in [0, 0.1) is 0 Å². The number of esters is 1. The zero-order valence-electron chi connectivity index (χ0n) is 15.6. The number of hydrogen-bond acceptors (Lipinski definition) is 5. The third kappa shape index (κ3) is 4.58. The second-order valence-electron chi connectivity index (χ2n) is 6.55. The molecule has 1 saturated heterocycles. The van der Waals surface area contributed by atoms with Crippen LogP contribution in [0.3, 0.4) is 0 Å². The number of hydrogen-bond donors (Lipinski definition) is 1. The van der Waals surface area contributed by atoms with Gasteiger partial charge in [0.2, 0.25) is 10.0 Å². The van der Waals surface area contributed by atoms with E-state index >= 15 is 0 Å². The maximum absolute atomic E-state index is 12.5. The van der Waals surface area contributed by atoms with Crippen molar-refractivity contribution in [3.05, 3.63) is 65.2 Å². The van der Waals surface area contributed by atoms with Crippen molar-refractivity contribution in [2.45, 2.75) is 18.6 Å². The Labute approximate surface area is 164 Å². The standard InChI is InChI=1S/C20H22N2O5S/c1-27-20(24)17-6-2-3-7-18(17)21-19(23)16-10-8-15(9-11-16)14-28(25,26)22-12-4-5-13-22/h2-3,6-11H,4-5,12-14H2,1H3,(H,21,23). The van der Waals surface area contributed by atoms with Crippen LogP contribution in [0.2, 0.25) is 0 Å². The van der Waals surface area contributed by atoms with Crippen molar-refractivity contribution in [2.24, 2.45) is 0 Å². The Morgan fingerprint density at radius 1 is 1.04 bits per heavy atom. The molecule has 0 radical (unpaired) electrons. The highest BCUT2D eigenvalue weighted by atomic mass is 32.2. The number of ether oxygens (including phenoxy) is 1. The molecule has 148 valence electrons. The molecule has 1 aliphatic heterocycles. The van der Waals surface area contributed by atoms with E-state index < -0.39 is 21.9 Å². The third-order valence-electron chi connectivity index (χ3n) is 4.60. The van der Waals surface area contributed by atoms with E-state index in [9.17, 15) is 18.0 Å². The molecule has 28 heavy (non-hydrogen) atoms. The minimum absolute atomic E-state index is 0.0833. The van der Waals surface area contributed by atoms with Crippen LogP contribution in [-0.4, -0.2) is 44.8 Å². The Morgan fingerprint density at radius 3 is 2.32 bits per heavy atom. The molecule has 0 spiro atoms. The lowest BCUT2D eigenvalue weighted by atomic mass is 10.1. The number of rotatable bonds is 6. The predicted octanol–water partition coefficient (Wildman–Crippen LogP) is 2.65. The first-order chi connectivity index (χ1) is 13.4. The summed E-state index contributed by atoms with van der Waals surface area (Å²) in [5.41, 5.74) is 1.59. The molecule has 1 aliphatic rings. The van der Waals surface area contributed by atoms with Crippen LogP contribution in [0.25, 0.3) is 0 Å². The van der Waals surface area contributed by atoms with Crippen LogP contribution < -0.4 is 5.32 Å². The molecular formula is C20H22N2O5S. The molecule has 1 fully saturated rings. The fraction of sp³-hybridized carbons (Fsp3) is 0.300. The maximum atomic E-state index is 12.5. The summed E-state index contributed by atoms with van der Waals surface area (Å²) < 4.78 is 31.0. The molecule has 0 saturated carbocycles. The van der Waals surface area contributed by atoms with Gasteiger partial charge in [-0.25, -0.2) is 17.5 Å². The van der Waals surface area contributed by atoms with Crippen molar-refractivity contribution < 1.29 is 22.7 Å². The minimum Gasteiger partial charge on any atom is -0.465 e. The molecule has 0 aromatic heterocycles. The Bertz CT molecular complexity index is 964. The summed E-state index contributed by atoms with van der Waals surface area (Å²) in [6.07, 6.45) is 1.79. The number of nitrogens with one attached hydrogen (secondary N) is 1. The Morgan fingerprint density at radius 2 is 1.68 bits per heavy atom. The van der Waals surface area contributed by atoms with Gasteiger partial charge in [-0.3, -0.25) is 4.79 Å². The number of sulfonamides is 1. The lowest BCUT2D eigenvalue weighted by Crippen LogP contribution is -2.29. The summed E-state index contributed by atoms with van der Waals surface area (Å²) in [6.45, 7) is 1.14. The van der Waals surface area contributed by atoms with Gasteiger partial charge in [-0.1, -0.05) is 24.3 Å². The van der Waals surface area contributed by atoms with Crippen molar-refractivity contribution in [1.29, 1.82) is 0 Å². The maximum Gasteiger partial charge on any atom is 0.339 e. The average molecular weight is 402 g/mol. The van der Waals surface area contributed by atoms with Gasteiger partial charge < -0.3 is 10.1 Å². The summed E-state index contributed by atoms with van der Waals surface area (Å²) in [6, 6.07) is 13.0. The number of methoxy groups -OCH3 is 1. The largest absolute Gasteiger partial charge is 0.465 e. The highest BCUT2D eigenvalue weighted by Gasteiger charge is 2.25. The van der Waals surface area contributed by atoms with Crippen LogP contribution in [0.1, 0.15) is 39.1 Å². The first-order valence-corrected chi connectivity index (χ1v) is 10.6. The molecule has 1 amide bonds. The van der Waals surface area contributed by atoms with Crippen molar-refractivity contribution in [3.8, 4) is 0 Å². The summed E-state index contributed by atoms with van der Waals surface area (Å²) in [5.74, 6) is -1.02. The van der Waals surface area contributed by atoms with Crippen LogP contribution in [0.15, 0.2) is 48.5 Å². The van der Waals surface area contributed by atoms with E-state index in [-0.39, 0.29) is 11.3 Å². The molecule has 2 aromatic carbocycles. The zero-order chi connectivity index (χ0) is 20.1. The fourth-order valence-corrected chi connectivity index (χ4v) is 4.71. The van der Waals surface area contributed by atoms with Gasteiger partial charge in [0.15, 0.2) is 0 Å².